The molecular formula is C26H25N3O3. The van der Waals surface area contributed by atoms with Crippen molar-refractivity contribution in [2.75, 3.05) is 0 Å². The molecule has 1 N–H and O–H groups in total. The van der Waals surface area contributed by atoms with Crippen LogP contribution in [-0.2, 0) is 0 Å². The van der Waals surface area contributed by atoms with E-state index in [0.717, 1.165) is 17.4 Å². The van der Waals surface area contributed by atoms with Gasteiger partial charge in [0.05, 0.1) is 17.2 Å². The number of aromatic nitrogens is 2. The molecule has 6 heteroatoms. The molecule has 32 heavy (non-hydrogen) atoms. The third kappa shape index (κ3) is 3.22. The van der Waals surface area contributed by atoms with Crippen LogP contribution in [0.4, 0.5) is 0 Å². The van der Waals surface area contributed by atoms with E-state index in [4.69, 9.17) is 8.94 Å². The number of nitrogens with zero attached hydrogens (tertiary/aromatic N) is 2. The summed E-state index contributed by atoms with van der Waals surface area (Å²) in [5.41, 5.74) is 2.90. The number of rotatable bonds is 5. The summed E-state index contributed by atoms with van der Waals surface area (Å²) >= 11 is 0. The van der Waals surface area contributed by atoms with Crippen LogP contribution in [0.5, 0.6) is 0 Å². The number of benzene rings is 1. The average molecular weight is 428 g/mol. The molecule has 0 spiro atoms. The van der Waals surface area contributed by atoms with Crippen LogP contribution in [0.1, 0.15) is 43.0 Å². The van der Waals surface area contributed by atoms with E-state index in [0.29, 0.717) is 39.7 Å². The Morgan fingerprint density at radius 3 is 2.72 bits per heavy atom. The van der Waals surface area contributed by atoms with Gasteiger partial charge in [-0.05, 0) is 62.1 Å². The molecule has 4 aromatic rings. The number of fused-ring (bicyclic) bond motifs is 3. The molecule has 6 rings (SSSR count). The Labute approximate surface area is 186 Å². The summed E-state index contributed by atoms with van der Waals surface area (Å²) in [4.78, 5) is 18.2. The van der Waals surface area contributed by atoms with Crippen LogP contribution in [0, 0.1) is 17.8 Å². The van der Waals surface area contributed by atoms with Crippen molar-refractivity contribution in [2.24, 2.45) is 17.8 Å². The highest BCUT2D eigenvalue weighted by Crippen LogP contribution is 2.49. The van der Waals surface area contributed by atoms with E-state index in [9.17, 15) is 4.79 Å². The van der Waals surface area contributed by atoms with Gasteiger partial charge in [-0.1, -0.05) is 41.9 Å². The van der Waals surface area contributed by atoms with Gasteiger partial charge in [-0.25, -0.2) is 4.98 Å². The SMILES string of the molecule is C[C@H](NC(=O)c1cc(-c2ccco2)nc2onc(-c3ccccc3)c12)[C@@H]1C[C@@H]2CC[C@@H]1C2. The first-order chi connectivity index (χ1) is 15.7. The molecule has 2 bridgehead atoms. The van der Waals surface area contributed by atoms with Gasteiger partial charge in [0.2, 0.25) is 0 Å². The lowest BCUT2D eigenvalue weighted by atomic mass is 9.84. The fourth-order valence-electron chi connectivity index (χ4n) is 5.77. The number of carbonyl (C=O) groups is 1. The van der Waals surface area contributed by atoms with Gasteiger partial charge >= 0.3 is 0 Å². The van der Waals surface area contributed by atoms with Crippen molar-refractivity contribution in [3.63, 3.8) is 0 Å². The molecule has 0 aliphatic heterocycles. The number of amides is 1. The fourth-order valence-corrected chi connectivity index (χ4v) is 5.77. The molecule has 1 amide bonds. The summed E-state index contributed by atoms with van der Waals surface area (Å²) in [6.07, 6.45) is 6.77. The summed E-state index contributed by atoms with van der Waals surface area (Å²) in [6, 6.07) is 15.3. The quantitative estimate of drug-likeness (QED) is 0.442. The summed E-state index contributed by atoms with van der Waals surface area (Å²) in [5.74, 6) is 2.59. The first-order valence-electron chi connectivity index (χ1n) is 11.4. The predicted molar refractivity (Wildman–Crippen MR) is 121 cm³/mol. The Hall–Kier alpha value is -3.41. The van der Waals surface area contributed by atoms with Crippen molar-refractivity contribution in [3.8, 4) is 22.7 Å². The molecule has 2 aliphatic rings. The maximum atomic E-state index is 13.6. The van der Waals surface area contributed by atoms with Crippen molar-refractivity contribution in [1.29, 1.82) is 0 Å². The second-order valence-electron chi connectivity index (χ2n) is 9.21. The standard InChI is InChI=1S/C26H25N3O3/c1-15(19-13-16-9-10-18(19)12-16)27-25(30)20-14-21(22-8-5-11-31-22)28-26-23(20)24(29-32-26)17-6-3-2-4-7-17/h2-8,11,14-16,18-19H,9-10,12-13H2,1H3,(H,27,30)/t15-,16+,18+,19-/m0/s1. The van der Waals surface area contributed by atoms with Crippen LogP contribution in [-0.4, -0.2) is 22.1 Å². The molecule has 1 aromatic carbocycles. The largest absolute Gasteiger partial charge is 0.463 e. The van der Waals surface area contributed by atoms with Gasteiger partial charge in [-0.3, -0.25) is 4.79 Å². The lowest BCUT2D eigenvalue weighted by Gasteiger charge is -2.28. The second-order valence-corrected chi connectivity index (χ2v) is 9.21. The highest BCUT2D eigenvalue weighted by atomic mass is 16.5. The van der Waals surface area contributed by atoms with E-state index < -0.39 is 0 Å². The van der Waals surface area contributed by atoms with Crippen LogP contribution in [0.15, 0.2) is 63.7 Å². The summed E-state index contributed by atoms with van der Waals surface area (Å²) in [7, 11) is 0. The average Bonchev–Trinajstić information content (AvgIpc) is 3.62. The molecular weight excluding hydrogens is 402 g/mol. The van der Waals surface area contributed by atoms with Crippen molar-refractivity contribution >= 4 is 17.0 Å². The number of furan rings is 1. The number of nitrogens with one attached hydrogen (secondary N) is 1. The topological polar surface area (TPSA) is 81.2 Å². The van der Waals surface area contributed by atoms with E-state index in [1.165, 1.54) is 25.7 Å². The van der Waals surface area contributed by atoms with Crippen LogP contribution >= 0.6 is 0 Å². The zero-order valence-corrected chi connectivity index (χ0v) is 18.0. The number of hydrogen-bond acceptors (Lipinski definition) is 5. The second kappa shape index (κ2) is 7.62. The number of carbonyl (C=O) groups excluding carboxylic acids is 1. The van der Waals surface area contributed by atoms with Gasteiger partial charge in [0, 0.05) is 11.6 Å². The maximum Gasteiger partial charge on any atom is 0.259 e. The summed E-state index contributed by atoms with van der Waals surface area (Å²) in [6.45, 7) is 2.14. The first-order valence-corrected chi connectivity index (χ1v) is 11.4. The van der Waals surface area contributed by atoms with Crippen molar-refractivity contribution in [3.05, 3.63) is 60.4 Å². The normalized spacial score (nSPS) is 23.0. The minimum Gasteiger partial charge on any atom is -0.463 e. The third-order valence-corrected chi connectivity index (χ3v) is 7.31. The van der Waals surface area contributed by atoms with Crippen LogP contribution in [0.3, 0.4) is 0 Å². The lowest BCUT2D eigenvalue weighted by molar-refractivity contribution is 0.0917. The number of hydrogen-bond donors (Lipinski definition) is 1. The molecule has 2 saturated carbocycles. The van der Waals surface area contributed by atoms with Gasteiger partial charge in [0.1, 0.15) is 11.4 Å². The van der Waals surface area contributed by atoms with Crippen molar-refractivity contribution in [1.82, 2.24) is 15.5 Å². The smallest absolute Gasteiger partial charge is 0.259 e. The molecule has 162 valence electrons. The molecule has 4 atom stereocenters. The van der Waals surface area contributed by atoms with Gasteiger partial charge in [-0.15, -0.1) is 0 Å². The monoisotopic (exact) mass is 427 g/mol. The molecule has 0 radical (unpaired) electrons. The summed E-state index contributed by atoms with van der Waals surface area (Å²) < 4.78 is 11.1. The van der Waals surface area contributed by atoms with Gasteiger partial charge < -0.3 is 14.3 Å². The van der Waals surface area contributed by atoms with Crippen LogP contribution < -0.4 is 5.32 Å². The summed E-state index contributed by atoms with van der Waals surface area (Å²) in [5, 5.41) is 8.19. The van der Waals surface area contributed by atoms with Gasteiger partial charge in [0.15, 0.2) is 5.76 Å². The molecule has 0 unspecified atom stereocenters. The minimum atomic E-state index is -0.124. The highest BCUT2D eigenvalue weighted by molar-refractivity contribution is 6.10. The fraction of sp³-hybridized carbons (Fsp3) is 0.346. The van der Waals surface area contributed by atoms with Crippen molar-refractivity contribution < 1.29 is 13.7 Å². The van der Waals surface area contributed by atoms with E-state index in [2.05, 4.69) is 22.4 Å². The zero-order valence-electron chi connectivity index (χ0n) is 18.0. The van der Waals surface area contributed by atoms with Crippen LogP contribution in [0.2, 0.25) is 0 Å². The Morgan fingerprint density at radius 2 is 2.00 bits per heavy atom. The predicted octanol–water partition coefficient (Wildman–Crippen LogP) is 5.70. The van der Waals surface area contributed by atoms with E-state index in [1.54, 1.807) is 18.4 Å². The van der Waals surface area contributed by atoms with E-state index in [-0.39, 0.29) is 11.9 Å². The molecule has 3 aromatic heterocycles. The highest BCUT2D eigenvalue weighted by Gasteiger charge is 2.42. The lowest BCUT2D eigenvalue weighted by Crippen LogP contribution is -2.40. The molecule has 2 fully saturated rings. The molecule has 2 aliphatic carbocycles. The minimum absolute atomic E-state index is 0.119. The molecule has 6 nitrogen and oxygen atoms in total. The number of pyridine rings is 1. The van der Waals surface area contributed by atoms with Gasteiger partial charge in [0.25, 0.3) is 11.6 Å². The Kier molecular flexibility index (Phi) is 4.59. The van der Waals surface area contributed by atoms with Crippen molar-refractivity contribution in [2.45, 2.75) is 38.6 Å². The van der Waals surface area contributed by atoms with E-state index >= 15 is 0 Å². The maximum absolute atomic E-state index is 13.6. The first kappa shape index (κ1) is 19.3. The van der Waals surface area contributed by atoms with E-state index in [1.807, 2.05) is 36.4 Å². The molecule has 3 heterocycles. The molecule has 0 saturated heterocycles. The Balaban J connectivity index is 1.41. The van der Waals surface area contributed by atoms with Gasteiger partial charge in [-0.2, -0.15) is 0 Å². The van der Waals surface area contributed by atoms with Crippen LogP contribution in [0.25, 0.3) is 33.8 Å². The Morgan fingerprint density at radius 1 is 1.12 bits per heavy atom. The Bertz CT molecular complexity index is 1260. The third-order valence-electron chi connectivity index (χ3n) is 7.31. The zero-order chi connectivity index (χ0) is 21.7.